The fraction of sp³-hybridized carbons (Fsp3) is 0.467. The van der Waals surface area contributed by atoms with E-state index in [0.717, 1.165) is 12.8 Å². The third kappa shape index (κ3) is 2.38. The van der Waals surface area contributed by atoms with Gasteiger partial charge in [0.15, 0.2) is 5.78 Å². The van der Waals surface area contributed by atoms with E-state index in [2.05, 4.69) is 13.0 Å². The van der Waals surface area contributed by atoms with Gasteiger partial charge in [-0.2, -0.15) is 5.26 Å². The number of Topliss-reactive ketones (excluding diaryl/α,β-unsaturated/α-hetero) is 1. The van der Waals surface area contributed by atoms with Crippen LogP contribution in [0.25, 0.3) is 0 Å². The predicted molar refractivity (Wildman–Crippen MR) is 68.4 cm³/mol. The molecule has 0 aliphatic carbocycles. The molecule has 0 N–H and O–H groups in total. The molecule has 1 aliphatic heterocycles. The van der Waals surface area contributed by atoms with E-state index in [4.69, 9.17) is 10.00 Å². The molecular formula is C15H17NO2. The summed E-state index contributed by atoms with van der Waals surface area (Å²) in [6.45, 7) is 2.08. The minimum atomic E-state index is -0.167. The first-order valence-electron chi connectivity index (χ1n) is 6.44. The number of nitrogens with zero attached hydrogens (tertiary/aromatic N) is 1. The van der Waals surface area contributed by atoms with Gasteiger partial charge in [-0.15, -0.1) is 0 Å². The maximum atomic E-state index is 12.4. The molecule has 0 saturated heterocycles. The summed E-state index contributed by atoms with van der Waals surface area (Å²) in [5.41, 5.74) is 0.660. The van der Waals surface area contributed by atoms with Gasteiger partial charge in [0, 0.05) is 6.42 Å². The van der Waals surface area contributed by atoms with Crippen LogP contribution in [0.5, 0.6) is 5.75 Å². The summed E-state index contributed by atoms with van der Waals surface area (Å²) in [4.78, 5) is 12.4. The van der Waals surface area contributed by atoms with Gasteiger partial charge in [-0.1, -0.05) is 25.5 Å². The Morgan fingerprint density at radius 2 is 2.11 bits per heavy atom. The van der Waals surface area contributed by atoms with Crippen LogP contribution in [0.15, 0.2) is 24.3 Å². The Labute approximate surface area is 107 Å². The van der Waals surface area contributed by atoms with Crippen molar-refractivity contribution >= 4 is 5.78 Å². The molecule has 0 saturated carbocycles. The number of fused-ring (bicyclic) bond motifs is 1. The molecule has 3 nitrogen and oxygen atoms in total. The van der Waals surface area contributed by atoms with Gasteiger partial charge in [0.25, 0.3) is 0 Å². The third-order valence-electron chi connectivity index (χ3n) is 3.36. The van der Waals surface area contributed by atoms with Gasteiger partial charge < -0.3 is 4.74 Å². The van der Waals surface area contributed by atoms with Crippen LogP contribution in [0.1, 0.15) is 43.0 Å². The van der Waals surface area contributed by atoms with Crippen molar-refractivity contribution < 1.29 is 9.53 Å². The van der Waals surface area contributed by atoms with Crippen molar-refractivity contribution in [1.29, 1.82) is 5.26 Å². The largest absolute Gasteiger partial charge is 0.489 e. The molecule has 1 aromatic rings. The summed E-state index contributed by atoms with van der Waals surface area (Å²) in [5, 5.41) is 8.69. The highest BCUT2D eigenvalue weighted by atomic mass is 16.5. The van der Waals surface area contributed by atoms with Crippen molar-refractivity contribution in [3.8, 4) is 11.8 Å². The van der Waals surface area contributed by atoms with Crippen molar-refractivity contribution in [2.24, 2.45) is 5.92 Å². The average Bonchev–Trinajstić information content (AvgIpc) is 2.39. The van der Waals surface area contributed by atoms with Crippen LogP contribution in [0, 0.1) is 17.2 Å². The SMILES string of the molecule is CCCC1Oc2ccccc2C(=O)C1CCC#N. The van der Waals surface area contributed by atoms with Gasteiger partial charge in [0.2, 0.25) is 0 Å². The lowest BCUT2D eigenvalue weighted by Gasteiger charge is -2.32. The molecule has 0 spiro atoms. The molecule has 94 valence electrons. The quantitative estimate of drug-likeness (QED) is 0.814. The maximum absolute atomic E-state index is 12.4. The summed E-state index contributed by atoms with van der Waals surface area (Å²) in [5.74, 6) is 0.652. The van der Waals surface area contributed by atoms with Crippen LogP contribution in [0.3, 0.4) is 0 Å². The monoisotopic (exact) mass is 243 g/mol. The van der Waals surface area contributed by atoms with Crippen LogP contribution in [0.2, 0.25) is 0 Å². The van der Waals surface area contributed by atoms with E-state index >= 15 is 0 Å². The zero-order valence-electron chi connectivity index (χ0n) is 10.6. The molecule has 2 rings (SSSR count). The minimum Gasteiger partial charge on any atom is -0.489 e. The number of carbonyl (C=O) groups excluding carboxylic acids is 1. The zero-order chi connectivity index (χ0) is 13.0. The van der Waals surface area contributed by atoms with E-state index < -0.39 is 0 Å². The molecule has 0 bridgehead atoms. The molecule has 0 aromatic heterocycles. The standard InChI is InChI=1S/C15H17NO2/c1-2-6-13-12(8-5-10-16)15(17)11-7-3-4-9-14(11)18-13/h3-4,7,9,12-13H,2,5-6,8H2,1H3. The number of hydrogen-bond acceptors (Lipinski definition) is 3. The molecule has 3 heteroatoms. The fourth-order valence-electron chi connectivity index (χ4n) is 2.47. The summed E-state index contributed by atoms with van der Waals surface area (Å²) < 4.78 is 5.92. The molecule has 0 amide bonds. The fourth-order valence-corrected chi connectivity index (χ4v) is 2.47. The molecule has 1 heterocycles. The average molecular weight is 243 g/mol. The molecule has 18 heavy (non-hydrogen) atoms. The van der Waals surface area contributed by atoms with Crippen LogP contribution in [-0.2, 0) is 0 Å². The zero-order valence-corrected chi connectivity index (χ0v) is 10.6. The molecule has 2 atom stereocenters. The number of ketones is 1. The van der Waals surface area contributed by atoms with Crippen molar-refractivity contribution in [1.82, 2.24) is 0 Å². The van der Waals surface area contributed by atoms with E-state index in [9.17, 15) is 4.79 Å². The number of hydrogen-bond donors (Lipinski definition) is 0. The first-order valence-corrected chi connectivity index (χ1v) is 6.44. The molecule has 0 fully saturated rings. The number of ether oxygens (including phenoxy) is 1. The maximum Gasteiger partial charge on any atom is 0.173 e. The molecule has 1 aromatic carbocycles. The van der Waals surface area contributed by atoms with Gasteiger partial charge in [-0.05, 0) is 25.0 Å². The Hall–Kier alpha value is -1.82. The third-order valence-corrected chi connectivity index (χ3v) is 3.36. The Bertz CT molecular complexity index is 476. The predicted octanol–water partition coefficient (Wildman–Crippen LogP) is 3.35. The van der Waals surface area contributed by atoms with Crippen molar-refractivity contribution in [3.05, 3.63) is 29.8 Å². The van der Waals surface area contributed by atoms with E-state index in [1.54, 1.807) is 6.07 Å². The van der Waals surface area contributed by atoms with Crippen molar-refractivity contribution in [2.45, 2.75) is 38.7 Å². The van der Waals surface area contributed by atoms with Gasteiger partial charge in [0.1, 0.15) is 11.9 Å². The number of benzene rings is 1. The number of nitriles is 1. The van der Waals surface area contributed by atoms with Gasteiger partial charge >= 0.3 is 0 Å². The Morgan fingerprint density at radius 1 is 1.33 bits per heavy atom. The minimum absolute atomic E-state index is 0.0780. The number of rotatable bonds is 4. The van der Waals surface area contributed by atoms with Gasteiger partial charge in [-0.25, -0.2) is 0 Å². The Morgan fingerprint density at radius 3 is 2.83 bits per heavy atom. The second-order valence-electron chi connectivity index (χ2n) is 4.61. The molecule has 0 radical (unpaired) electrons. The second-order valence-corrected chi connectivity index (χ2v) is 4.61. The topological polar surface area (TPSA) is 50.1 Å². The lowest BCUT2D eigenvalue weighted by molar-refractivity contribution is 0.0618. The van der Waals surface area contributed by atoms with E-state index in [1.807, 2.05) is 18.2 Å². The summed E-state index contributed by atoms with van der Waals surface area (Å²) in [7, 11) is 0. The molecule has 2 unspecified atom stereocenters. The van der Waals surface area contributed by atoms with Crippen molar-refractivity contribution in [2.75, 3.05) is 0 Å². The summed E-state index contributed by atoms with van der Waals surface area (Å²) >= 11 is 0. The summed E-state index contributed by atoms with van der Waals surface area (Å²) in [6.07, 6.45) is 2.75. The number of para-hydroxylation sites is 1. The first kappa shape index (κ1) is 12.6. The van der Waals surface area contributed by atoms with Crippen LogP contribution < -0.4 is 4.74 Å². The van der Waals surface area contributed by atoms with Gasteiger partial charge in [-0.3, -0.25) is 4.79 Å². The Kier molecular flexibility index (Phi) is 3.99. The second kappa shape index (κ2) is 5.68. The van der Waals surface area contributed by atoms with Gasteiger partial charge in [0.05, 0.1) is 17.6 Å². The highest BCUT2D eigenvalue weighted by Gasteiger charge is 2.35. The molecule has 1 aliphatic rings. The highest BCUT2D eigenvalue weighted by molar-refractivity contribution is 6.01. The van der Waals surface area contributed by atoms with Crippen LogP contribution in [-0.4, -0.2) is 11.9 Å². The molecular weight excluding hydrogens is 226 g/mol. The van der Waals surface area contributed by atoms with E-state index in [1.165, 1.54) is 0 Å². The summed E-state index contributed by atoms with van der Waals surface area (Å²) in [6, 6.07) is 9.49. The lowest BCUT2D eigenvalue weighted by Crippen LogP contribution is -2.37. The lowest BCUT2D eigenvalue weighted by atomic mass is 9.84. The normalized spacial score (nSPS) is 21.9. The van der Waals surface area contributed by atoms with Crippen molar-refractivity contribution in [3.63, 3.8) is 0 Å². The highest BCUT2D eigenvalue weighted by Crippen LogP contribution is 2.34. The van der Waals surface area contributed by atoms with Crippen LogP contribution >= 0.6 is 0 Å². The Balaban J connectivity index is 2.27. The first-order chi connectivity index (χ1) is 8.77. The number of carbonyl (C=O) groups is 1. The smallest absolute Gasteiger partial charge is 0.173 e. The van der Waals surface area contributed by atoms with E-state index in [-0.39, 0.29) is 17.8 Å². The van der Waals surface area contributed by atoms with Crippen LogP contribution in [0.4, 0.5) is 0 Å². The van der Waals surface area contributed by atoms with E-state index in [0.29, 0.717) is 24.2 Å².